The molecule has 0 heterocycles. The average molecular weight is 436 g/mol. The van der Waals surface area contributed by atoms with Crippen LogP contribution >= 0.6 is 0 Å². The van der Waals surface area contributed by atoms with Gasteiger partial charge < -0.3 is 5.32 Å². The van der Waals surface area contributed by atoms with Crippen molar-refractivity contribution < 1.29 is 18.0 Å². The fourth-order valence-corrected chi connectivity index (χ4v) is 4.32. The number of Topliss-reactive ketones (excluding diaryl/α,β-unsaturated/α-hetero) is 1. The monoisotopic (exact) mass is 435 g/mol. The first-order valence-electron chi connectivity index (χ1n) is 10.0. The third-order valence-electron chi connectivity index (χ3n) is 5.13. The molecule has 31 heavy (non-hydrogen) atoms. The number of carbonyl (C=O) groups is 2. The third kappa shape index (κ3) is 5.27. The zero-order valence-corrected chi connectivity index (χ0v) is 18.6. The van der Waals surface area contributed by atoms with Crippen LogP contribution in [0.2, 0.25) is 0 Å². The Kier molecular flexibility index (Phi) is 6.71. The Morgan fingerprint density at radius 2 is 1.58 bits per heavy atom. The van der Waals surface area contributed by atoms with E-state index in [9.17, 15) is 18.0 Å². The highest BCUT2D eigenvalue weighted by Crippen LogP contribution is 2.29. The van der Waals surface area contributed by atoms with Crippen LogP contribution in [-0.2, 0) is 21.1 Å². The van der Waals surface area contributed by atoms with Crippen LogP contribution in [0.1, 0.15) is 35.3 Å². The Morgan fingerprint density at radius 1 is 0.903 bits per heavy atom. The molecule has 0 radical (unpaired) electrons. The number of sulfone groups is 1. The number of ketones is 1. The van der Waals surface area contributed by atoms with Crippen molar-refractivity contribution in [1.82, 2.24) is 0 Å². The van der Waals surface area contributed by atoms with Crippen molar-refractivity contribution in [1.29, 1.82) is 0 Å². The Morgan fingerprint density at radius 3 is 2.19 bits per heavy atom. The number of benzene rings is 3. The number of amides is 1. The Labute approximate surface area is 183 Å². The number of nitrogens with one attached hydrogen (secondary N) is 1. The molecule has 3 rings (SSSR count). The van der Waals surface area contributed by atoms with Gasteiger partial charge >= 0.3 is 0 Å². The zero-order chi connectivity index (χ0) is 22.6. The van der Waals surface area contributed by atoms with Gasteiger partial charge in [0.15, 0.2) is 15.6 Å². The highest BCUT2D eigenvalue weighted by Gasteiger charge is 2.13. The van der Waals surface area contributed by atoms with Gasteiger partial charge in [-0.05, 0) is 60.4 Å². The summed E-state index contributed by atoms with van der Waals surface area (Å²) in [4.78, 5) is 24.7. The first-order valence-corrected chi connectivity index (χ1v) is 11.7. The third-order valence-corrected chi connectivity index (χ3v) is 6.88. The van der Waals surface area contributed by atoms with E-state index in [1.807, 2.05) is 49.4 Å². The van der Waals surface area contributed by atoms with Crippen molar-refractivity contribution >= 4 is 27.2 Å². The summed E-state index contributed by atoms with van der Waals surface area (Å²) < 4.78 is 23.8. The molecule has 5 nitrogen and oxygen atoms in total. The van der Waals surface area contributed by atoms with Crippen molar-refractivity contribution in [3.8, 4) is 11.1 Å². The number of aryl methyl sites for hydroxylation is 1. The maximum atomic E-state index is 12.5. The summed E-state index contributed by atoms with van der Waals surface area (Å²) in [7, 11) is -3.25. The lowest BCUT2D eigenvalue weighted by Crippen LogP contribution is -2.14. The first kappa shape index (κ1) is 22.4. The van der Waals surface area contributed by atoms with Gasteiger partial charge in [-0.1, -0.05) is 49.4 Å². The van der Waals surface area contributed by atoms with Crippen LogP contribution in [0.4, 0.5) is 5.69 Å². The zero-order valence-electron chi connectivity index (χ0n) is 17.8. The molecule has 0 aliphatic rings. The predicted molar refractivity (Wildman–Crippen MR) is 123 cm³/mol. The van der Waals surface area contributed by atoms with Crippen molar-refractivity contribution in [3.63, 3.8) is 0 Å². The molecular formula is C25H25NO4S. The van der Waals surface area contributed by atoms with Crippen LogP contribution in [0.3, 0.4) is 0 Å². The average Bonchev–Trinajstić information content (AvgIpc) is 2.74. The molecule has 0 aromatic heterocycles. The SMILES string of the molecule is CCS(=O)(=O)c1ccc(CC(=O)Nc2ccc(-c3ccccc3C(C)=O)c(C)c2)cc1. The maximum absolute atomic E-state index is 12.5. The molecule has 0 saturated carbocycles. The summed E-state index contributed by atoms with van der Waals surface area (Å²) in [6, 6.07) is 19.4. The summed E-state index contributed by atoms with van der Waals surface area (Å²) in [5.41, 5.74) is 4.81. The van der Waals surface area contributed by atoms with E-state index in [-0.39, 0.29) is 28.8 Å². The molecule has 0 spiro atoms. The predicted octanol–water partition coefficient (Wildman–Crippen LogP) is 4.84. The van der Waals surface area contributed by atoms with Gasteiger partial charge in [0.05, 0.1) is 17.1 Å². The van der Waals surface area contributed by atoms with Crippen LogP contribution < -0.4 is 5.32 Å². The summed E-state index contributed by atoms with van der Waals surface area (Å²) in [5, 5.41) is 2.88. The van der Waals surface area contributed by atoms with Gasteiger partial charge in [0.25, 0.3) is 0 Å². The van der Waals surface area contributed by atoms with E-state index < -0.39 is 9.84 Å². The minimum atomic E-state index is -3.25. The summed E-state index contributed by atoms with van der Waals surface area (Å²) >= 11 is 0. The van der Waals surface area contributed by atoms with Gasteiger partial charge in [0.1, 0.15) is 0 Å². The van der Waals surface area contributed by atoms with Gasteiger partial charge in [0.2, 0.25) is 5.91 Å². The fourth-order valence-electron chi connectivity index (χ4n) is 3.44. The van der Waals surface area contributed by atoms with Crippen LogP contribution in [0.25, 0.3) is 11.1 Å². The molecule has 0 saturated heterocycles. The molecule has 1 amide bonds. The standard InChI is InChI=1S/C25H25NO4S/c1-4-31(29,30)21-12-9-19(10-13-21)16-25(28)26-20-11-14-22(17(2)15-20)24-8-6-5-7-23(24)18(3)27/h5-15H,4,16H2,1-3H3,(H,26,28). The number of carbonyl (C=O) groups excluding carboxylic acids is 2. The molecule has 0 unspecified atom stereocenters. The molecule has 160 valence electrons. The van der Waals surface area contributed by atoms with E-state index in [2.05, 4.69) is 5.32 Å². The van der Waals surface area contributed by atoms with E-state index in [1.165, 1.54) is 12.1 Å². The van der Waals surface area contributed by atoms with Crippen LogP contribution in [0.5, 0.6) is 0 Å². The topological polar surface area (TPSA) is 80.3 Å². The molecule has 0 bridgehead atoms. The lowest BCUT2D eigenvalue weighted by Gasteiger charge is -2.13. The quantitative estimate of drug-likeness (QED) is 0.539. The second-order valence-corrected chi connectivity index (χ2v) is 9.68. The maximum Gasteiger partial charge on any atom is 0.228 e. The summed E-state index contributed by atoms with van der Waals surface area (Å²) in [6.07, 6.45) is 0.139. The van der Waals surface area contributed by atoms with Crippen LogP contribution in [0.15, 0.2) is 71.6 Å². The lowest BCUT2D eigenvalue weighted by atomic mass is 9.94. The van der Waals surface area contributed by atoms with E-state index in [1.54, 1.807) is 26.0 Å². The minimum Gasteiger partial charge on any atom is -0.326 e. The van der Waals surface area contributed by atoms with E-state index in [0.717, 1.165) is 22.3 Å². The Balaban J connectivity index is 1.73. The van der Waals surface area contributed by atoms with Gasteiger partial charge in [-0.15, -0.1) is 0 Å². The molecule has 0 fully saturated rings. The second-order valence-electron chi connectivity index (χ2n) is 7.40. The molecule has 3 aromatic carbocycles. The molecule has 0 atom stereocenters. The minimum absolute atomic E-state index is 0.00475. The molecular weight excluding hydrogens is 410 g/mol. The van der Waals surface area contributed by atoms with Crippen molar-refractivity contribution in [2.75, 3.05) is 11.1 Å². The van der Waals surface area contributed by atoms with E-state index >= 15 is 0 Å². The highest BCUT2D eigenvalue weighted by molar-refractivity contribution is 7.91. The van der Waals surface area contributed by atoms with Crippen molar-refractivity contribution in [2.24, 2.45) is 0 Å². The van der Waals surface area contributed by atoms with E-state index in [4.69, 9.17) is 0 Å². The van der Waals surface area contributed by atoms with Crippen molar-refractivity contribution in [2.45, 2.75) is 32.1 Å². The number of rotatable bonds is 7. The largest absolute Gasteiger partial charge is 0.326 e. The first-order chi connectivity index (χ1) is 14.7. The normalized spacial score (nSPS) is 11.2. The summed E-state index contributed by atoms with van der Waals surface area (Å²) in [5.74, 6) is -0.147. The molecule has 0 aliphatic carbocycles. The Bertz CT molecular complexity index is 1230. The lowest BCUT2D eigenvalue weighted by molar-refractivity contribution is -0.115. The number of hydrogen-bond acceptors (Lipinski definition) is 4. The van der Waals surface area contributed by atoms with Crippen molar-refractivity contribution in [3.05, 3.63) is 83.4 Å². The van der Waals surface area contributed by atoms with Gasteiger partial charge in [-0.2, -0.15) is 0 Å². The molecule has 6 heteroatoms. The fraction of sp³-hybridized carbons (Fsp3) is 0.200. The van der Waals surface area contributed by atoms with Gasteiger partial charge in [0, 0.05) is 11.3 Å². The Hall–Kier alpha value is -3.25. The smallest absolute Gasteiger partial charge is 0.228 e. The summed E-state index contributed by atoms with van der Waals surface area (Å²) in [6.45, 7) is 5.09. The highest BCUT2D eigenvalue weighted by atomic mass is 32.2. The van der Waals surface area contributed by atoms with Gasteiger partial charge in [-0.25, -0.2) is 8.42 Å². The van der Waals surface area contributed by atoms with E-state index in [0.29, 0.717) is 11.3 Å². The molecule has 3 aromatic rings. The number of hydrogen-bond donors (Lipinski definition) is 1. The van der Waals surface area contributed by atoms with Crippen LogP contribution in [0, 0.1) is 6.92 Å². The molecule has 0 aliphatic heterocycles. The van der Waals surface area contributed by atoms with Gasteiger partial charge in [-0.3, -0.25) is 9.59 Å². The molecule has 1 N–H and O–H groups in total. The number of anilines is 1. The second kappa shape index (κ2) is 9.27. The van der Waals surface area contributed by atoms with Crippen LogP contribution in [-0.4, -0.2) is 25.9 Å².